The summed E-state index contributed by atoms with van der Waals surface area (Å²) in [5.41, 5.74) is 1.84. The molecule has 0 fully saturated rings. The fraction of sp³-hybridized carbons (Fsp3) is 0.400. The molecule has 0 saturated carbocycles. The van der Waals surface area contributed by atoms with Crippen LogP contribution < -0.4 is 5.90 Å². The summed E-state index contributed by atoms with van der Waals surface area (Å²) in [7, 11) is 3.90. The highest BCUT2D eigenvalue weighted by Gasteiger charge is 2.03. The summed E-state index contributed by atoms with van der Waals surface area (Å²) in [6.45, 7) is 1.06. The Labute approximate surface area is 83.9 Å². The number of phenolic OH excluding ortho intramolecular Hbond substituents is 1. The Bertz CT molecular complexity index is 300. The molecule has 0 aromatic heterocycles. The van der Waals surface area contributed by atoms with Crippen LogP contribution in [0.2, 0.25) is 0 Å². The van der Waals surface area contributed by atoms with E-state index in [-0.39, 0.29) is 0 Å². The molecule has 4 heteroatoms. The molecular weight excluding hydrogens is 180 g/mol. The highest BCUT2D eigenvalue weighted by molar-refractivity contribution is 5.35. The summed E-state index contributed by atoms with van der Waals surface area (Å²) in [5.74, 6) is 5.28. The van der Waals surface area contributed by atoms with Crippen LogP contribution in [0.3, 0.4) is 0 Å². The first-order valence-electron chi connectivity index (χ1n) is 4.40. The lowest BCUT2D eigenvalue weighted by Gasteiger charge is -2.12. The molecule has 0 unspecified atom stereocenters. The quantitative estimate of drug-likeness (QED) is 0.701. The normalized spacial score (nSPS) is 10.9. The third-order valence-corrected chi connectivity index (χ3v) is 1.88. The highest BCUT2D eigenvalue weighted by atomic mass is 16.6. The Morgan fingerprint density at radius 3 is 2.71 bits per heavy atom. The smallest absolute Gasteiger partial charge is 0.120 e. The molecule has 0 aliphatic carbocycles. The van der Waals surface area contributed by atoms with E-state index >= 15 is 0 Å². The molecule has 0 saturated heterocycles. The van der Waals surface area contributed by atoms with E-state index < -0.39 is 0 Å². The third kappa shape index (κ3) is 2.99. The number of aromatic hydroxyl groups is 1. The fourth-order valence-electron chi connectivity index (χ4n) is 1.29. The van der Waals surface area contributed by atoms with E-state index in [2.05, 4.69) is 4.84 Å². The van der Waals surface area contributed by atoms with Crippen LogP contribution in [0.15, 0.2) is 18.2 Å². The molecule has 0 spiro atoms. The number of hydrogen-bond acceptors (Lipinski definition) is 4. The van der Waals surface area contributed by atoms with Gasteiger partial charge in [0.2, 0.25) is 0 Å². The van der Waals surface area contributed by atoms with Crippen LogP contribution in [0.5, 0.6) is 5.75 Å². The van der Waals surface area contributed by atoms with Crippen molar-refractivity contribution in [3.05, 3.63) is 29.3 Å². The van der Waals surface area contributed by atoms with Crippen molar-refractivity contribution in [3.8, 4) is 5.75 Å². The molecule has 0 bridgehead atoms. The van der Waals surface area contributed by atoms with Crippen molar-refractivity contribution in [3.63, 3.8) is 0 Å². The predicted octanol–water partition coefficient (Wildman–Crippen LogP) is 0.844. The Morgan fingerprint density at radius 2 is 2.14 bits per heavy atom. The molecule has 1 rings (SSSR count). The Hall–Kier alpha value is -1.10. The van der Waals surface area contributed by atoms with Crippen LogP contribution in [0.25, 0.3) is 0 Å². The fourth-order valence-corrected chi connectivity index (χ4v) is 1.29. The van der Waals surface area contributed by atoms with Crippen LogP contribution in [0.1, 0.15) is 11.1 Å². The van der Waals surface area contributed by atoms with Crippen LogP contribution in [0.4, 0.5) is 0 Å². The molecule has 0 amide bonds. The van der Waals surface area contributed by atoms with Crippen molar-refractivity contribution in [1.82, 2.24) is 4.90 Å². The lowest BCUT2D eigenvalue weighted by molar-refractivity contribution is 0.124. The van der Waals surface area contributed by atoms with E-state index in [1.54, 1.807) is 12.1 Å². The average molecular weight is 196 g/mol. The van der Waals surface area contributed by atoms with Gasteiger partial charge in [-0.3, -0.25) is 4.84 Å². The summed E-state index contributed by atoms with van der Waals surface area (Å²) in [6, 6.07) is 5.34. The molecule has 78 valence electrons. The molecule has 1 aromatic rings. The van der Waals surface area contributed by atoms with E-state index in [1.165, 1.54) is 0 Å². The molecular formula is C10H16N2O2. The second-order valence-electron chi connectivity index (χ2n) is 3.51. The second kappa shape index (κ2) is 4.95. The van der Waals surface area contributed by atoms with Crippen molar-refractivity contribution >= 4 is 0 Å². The molecule has 3 N–H and O–H groups in total. The average Bonchev–Trinajstić information content (AvgIpc) is 2.10. The zero-order valence-corrected chi connectivity index (χ0v) is 8.53. The zero-order valence-electron chi connectivity index (χ0n) is 8.53. The van der Waals surface area contributed by atoms with E-state index in [9.17, 15) is 5.11 Å². The number of benzene rings is 1. The predicted molar refractivity (Wildman–Crippen MR) is 54.5 cm³/mol. The van der Waals surface area contributed by atoms with Crippen molar-refractivity contribution in [2.75, 3.05) is 14.1 Å². The molecule has 14 heavy (non-hydrogen) atoms. The van der Waals surface area contributed by atoms with Crippen molar-refractivity contribution in [1.29, 1.82) is 0 Å². The van der Waals surface area contributed by atoms with Gasteiger partial charge < -0.3 is 10.0 Å². The van der Waals surface area contributed by atoms with Gasteiger partial charge in [0, 0.05) is 12.1 Å². The molecule has 0 radical (unpaired) electrons. The number of hydrogen-bond donors (Lipinski definition) is 2. The lowest BCUT2D eigenvalue weighted by Crippen LogP contribution is -2.11. The molecule has 4 nitrogen and oxygen atoms in total. The van der Waals surface area contributed by atoms with E-state index in [1.807, 2.05) is 25.1 Å². The Balaban J connectivity index is 2.84. The Morgan fingerprint density at radius 1 is 1.43 bits per heavy atom. The van der Waals surface area contributed by atoms with Crippen molar-refractivity contribution in [2.45, 2.75) is 13.2 Å². The zero-order chi connectivity index (χ0) is 10.6. The third-order valence-electron chi connectivity index (χ3n) is 1.88. The van der Waals surface area contributed by atoms with E-state index in [0.717, 1.165) is 11.1 Å². The van der Waals surface area contributed by atoms with Gasteiger partial charge in [-0.2, -0.15) is 0 Å². The van der Waals surface area contributed by atoms with Crippen LogP contribution >= 0.6 is 0 Å². The van der Waals surface area contributed by atoms with Crippen LogP contribution in [0, 0.1) is 0 Å². The highest BCUT2D eigenvalue weighted by Crippen LogP contribution is 2.19. The van der Waals surface area contributed by atoms with Crippen LogP contribution in [-0.4, -0.2) is 24.1 Å². The lowest BCUT2D eigenvalue weighted by atomic mass is 10.1. The van der Waals surface area contributed by atoms with Gasteiger partial charge in [0.25, 0.3) is 0 Å². The summed E-state index contributed by atoms with van der Waals surface area (Å²) in [6.07, 6.45) is 0. The summed E-state index contributed by atoms with van der Waals surface area (Å²) >= 11 is 0. The first kappa shape index (κ1) is 11.0. The molecule has 0 atom stereocenters. The van der Waals surface area contributed by atoms with E-state index in [0.29, 0.717) is 18.9 Å². The first-order chi connectivity index (χ1) is 6.63. The largest absolute Gasteiger partial charge is 0.508 e. The monoisotopic (exact) mass is 196 g/mol. The minimum absolute atomic E-state index is 0.305. The summed E-state index contributed by atoms with van der Waals surface area (Å²) < 4.78 is 0. The summed E-state index contributed by atoms with van der Waals surface area (Å²) in [5, 5.41) is 9.55. The van der Waals surface area contributed by atoms with Crippen molar-refractivity contribution < 1.29 is 9.94 Å². The van der Waals surface area contributed by atoms with E-state index in [4.69, 9.17) is 5.90 Å². The van der Waals surface area contributed by atoms with Gasteiger partial charge in [0.15, 0.2) is 0 Å². The molecule has 0 aliphatic heterocycles. The number of nitrogens with zero attached hydrogens (tertiary/aromatic N) is 1. The number of phenols is 1. The molecule has 1 aromatic carbocycles. The summed E-state index contributed by atoms with van der Waals surface area (Å²) in [4.78, 5) is 6.52. The molecule has 0 aliphatic rings. The first-order valence-corrected chi connectivity index (χ1v) is 4.40. The van der Waals surface area contributed by atoms with Gasteiger partial charge in [-0.15, -0.1) is 0 Å². The van der Waals surface area contributed by atoms with Gasteiger partial charge in [0.05, 0.1) is 6.61 Å². The minimum Gasteiger partial charge on any atom is -0.508 e. The molecule has 0 heterocycles. The van der Waals surface area contributed by atoms with Gasteiger partial charge in [0.1, 0.15) is 5.75 Å². The minimum atomic E-state index is 0.305. The maximum atomic E-state index is 9.55. The van der Waals surface area contributed by atoms with Gasteiger partial charge in [-0.1, -0.05) is 6.07 Å². The van der Waals surface area contributed by atoms with Crippen LogP contribution in [-0.2, 0) is 18.0 Å². The maximum absolute atomic E-state index is 9.55. The maximum Gasteiger partial charge on any atom is 0.120 e. The van der Waals surface area contributed by atoms with Gasteiger partial charge in [-0.25, -0.2) is 5.90 Å². The SMILES string of the molecule is CN(C)Cc1cc(CON)ccc1O. The topological polar surface area (TPSA) is 58.7 Å². The van der Waals surface area contributed by atoms with Gasteiger partial charge >= 0.3 is 0 Å². The standard InChI is InChI=1S/C10H16N2O2/c1-12(2)6-9-5-8(7-14-11)3-4-10(9)13/h3-5,13H,6-7,11H2,1-2H3. The Kier molecular flexibility index (Phi) is 3.88. The van der Waals surface area contributed by atoms with Gasteiger partial charge in [-0.05, 0) is 31.8 Å². The number of rotatable bonds is 4. The number of nitrogens with two attached hydrogens (primary N) is 1. The van der Waals surface area contributed by atoms with Crippen molar-refractivity contribution in [2.24, 2.45) is 5.90 Å². The second-order valence-corrected chi connectivity index (χ2v) is 3.51.